The minimum Gasteiger partial charge on any atom is -0.497 e. The first kappa shape index (κ1) is 28.8. The highest BCUT2D eigenvalue weighted by atomic mass is 16.7. The van der Waals surface area contributed by atoms with E-state index in [0.29, 0.717) is 54.3 Å². The standard InChI is InChI=1S/C31H34N8O5/c1-20-14-28(36-30(33-20)38-11-10-32-18-38)39-13-12-37(31(41)35-23-5-7-25(42-3)8-6-23)17-24(39)16-29(40)34-21(2)22-4-9-26-27(15-22)44-19-43-26/h4-11,14-15,18,21,24H,12-13,16-17,19H2,1-3H3,(H,34,40)(H,35,41). The number of nitrogens with zero attached hydrogens (tertiary/aromatic N) is 6. The van der Waals surface area contributed by atoms with E-state index in [2.05, 4.69) is 25.5 Å². The molecule has 1 fully saturated rings. The molecule has 13 heteroatoms. The van der Waals surface area contributed by atoms with Crippen molar-refractivity contribution in [3.8, 4) is 23.2 Å². The Bertz CT molecular complexity index is 1630. The highest BCUT2D eigenvalue weighted by Crippen LogP contribution is 2.34. The van der Waals surface area contributed by atoms with Crippen molar-refractivity contribution in [2.45, 2.75) is 32.4 Å². The van der Waals surface area contributed by atoms with Crippen molar-refractivity contribution in [1.82, 2.24) is 29.7 Å². The van der Waals surface area contributed by atoms with Crippen LogP contribution >= 0.6 is 0 Å². The molecule has 2 aromatic carbocycles. The van der Waals surface area contributed by atoms with Crippen molar-refractivity contribution in [3.63, 3.8) is 0 Å². The van der Waals surface area contributed by atoms with Crippen molar-refractivity contribution in [3.05, 3.63) is 78.5 Å². The molecule has 228 valence electrons. The van der Waals surface area contributed by atoms with Crippen LogP contribution in [0.2, 0.25) is 0 Å². The van der Waals surface area contributed by atoms with Crippen LogP contribution in [0.5, 0.6) is 17.2 Å². The lowest BCUT2D eigenvalue weighted by molar-refractivity contribution is -0.122. The van der Waals surface area contributed by atoms with Gasteiger partial charge in [-0.05, 0) is 55.8 Å². The van der Waals surface area contributed by atoms with Gasteiger partial charge in [-0.25, -0.2) is 14.8 Å². The van der Waals surface area contributed by atoms with Gasteiger partial charge in [0.2, 0.25) is 18.6 Å². The lowest BCUT2D eigenvalue weighted by Gasteiger charge is -2.42. The van der Waals surface area contributed by atoms with Gasteiger partial charge in [-0.2, -0.15) is 4.98 Å². The van der Waals surface area contributed by atoms with E-state index in [4.69, 9.17) is 19.2 Å². The van der Waals surface area contributed by atoms with Crippen LogP contribution in [0.4, 0.5) is 16.3 Å². The van der Waals surface area contributed by atoms with Crippen LogP contribution < -0.4 is 29.7 Å². The number of carbonyl (C=O) groups is 2. The van der Waals surface area contributed by atoms with Gasteiger partial charge in [0.25, 0.3) is 0 Å². The van der Waals surface area contributed by atoms with Gasteiger partial charge in [0, 0.05) is 55.9 Å². The molecule has 13 nitrogen and oxygen atoms in total. The molecule has 2 aliphatic rings. The van der Waals surface area contributed by atoms with E-state index in [1.54, 1.807) is 59.6 Å². The maximum absolute atomic E-state index is 13.5. The molecule has 6 rings (SSSR count). The molecule has 3 amide bonds. The number of piperazine rings is 1. The minimum absolute atomic E-state index is 0.144. The van der Waals surface area contributed by atoms with E-state index in [0.717, 1.165) is 11.3 Å². The Morgan fingerprint density at radius 1 is 1.07 bits per heavy atom. The molecule has 0 bridgehead atoms. The molecular formula is C31H34N8O5. The first-order valence-electron chi connectivity index (χ1n) is 14.4. The number of ether oxygens (including phenoxy) is 3. The zero-order valence-electron chi connectivity index (χ0n) is 24.8. The number of hydrogen-bond acceptors (Lipinski definition) is 9. The van der Waals surface area contributed by atoms with Gasteiger partial charge in [-0.3, -0.25) is 9.36 Å². The predicted octanol–water partition coefficient (Wildman–Crippen LogP) is 3.70. The van der Waals surface area contributed by atoms with Gasteiger partial charge in [-0.1, -0.05) is 6.07 Å². The maximum Gasteiger partial charge on any atom is 0.321 e. The summed E-state index contributed by atoms with van der Waals surface area (Å²) < 4.78 is 17.9. The number of hydrogen-bond donors (Lipinski definition) is 2. The Labute approximate surface area is 254 Å². The highest BCUT2D eigenvalue weighted by Gasteiger charge is 2.33. The van der Waals surface area contributed by atoms with E-state index >= 15 is 0 Å². The average molecular weight is 599 g/mol. The quantitative estimate of drug-likeness (QED) is 0.311. The van der Waals surface area contributed by atoms with Gasteiger partial charge >= 0.3 is 6.03 Å². The molecule has 0 aliphatic carbocycles. The summed E-state index contributed by atoms with van der Waals surface area (Å²) in [6, 6.07) is 13.8. The fraction of sp³-hybridized carbons (Fsp3) is 0.323. The molecule has 2 aliphatic heterocycles. The number of imidazole rings is 1. The lowest BCUT2D eigenvalue weighted by atomic mass is 10.1. The van der Waals surface area contributed by atoms with Gasteiger partial charge in [-0.15, -0.1) is 0 Å². The molecule has 0 radical (unpaired) electrons. The number of anilines is 2. The number of amides is 3. The maximum atomic E-state index is 13.5. The molecule has 2 unspecified atom stereocenters. The smallest absolute Gasteiger partial charge is 0.321 e. The summed E-state index contributed by atoms with van der Waals surface area (Å²) in [5.41, 5.74) is 2.33. The summed E-state index contributed by atoms with van der Waals surface area (Å²) in [6.45, 7) is 5.25. The van der Waals surface area contributed by atoms with Crippen LogP contribution in [0.3, 0.4) is 0 Å². The van der Waals surface area contributed by atoms with E-state index in [-0.39, 0.29) is 37.2 Å². The van der Waals surface area contributed by atoms with Gasteiger partial charge in [0.15, 0.2) is 11.5 Å². The lowest BCUT2D eigenvalue weighted by Crippen LogP contribution is -2.57. The van der Waals surface area contributed by atoms with Gasteiger partial charge in [0.05, 0.1) is 19.2 Å². The molecule has 1 saturated heterocycles. The van der Waals surface area contributed by atoms with Crippen molar-refractivity contribution in [2.24, 2.45) is 0 Å². The monoisotopic (exact) mass is 598 g/mol. The van der Waals surface area contributed by atoms with Gasteiger partial charge < -0.3 is 34.6 Å². The molecule has 2 aromatic heterocycles. The Kier molecular flexibility index (Phi) is 8.17. The summed E-state index contributed by atoms with van der Waals surface area (Å²) in [6.07, 6.45) is 5.23. The second kappa shape index (κ2) is 12.5. The molecule has 0 saturated carbocycles. The van der Waals surface area contributed by atoms with Crippen LogP contribution in [0.25, 0.3) is 5.95 Å². The van der Waals surface area contributed by atoms with Crippen LogP contribution in [0.1, 0.15) is 30.6 Å². The highest BCUT2D eigenvalue weighted by molar-refractivity contribution is 5.89. The van der Waals surface area contributed by atoms with E-state index in [1.807, 2.05) is 38.1 Å². The topological polar surface area (TPSA) is 136 Å². The molecular weight excluding hydrogens is 564 g/mol. The Hall–Kier alpha value is -5.33. The normalized spacial score (nSPS) is 16.4. The Morgan fingerprint density at radius 2 is 1.89 bits per heavy atom. The summed E-state index contributed by atoms with van der Waals surface area (Å²) >= 11 is 0. The number of nitrogens with one attached hydrogen (secondary N) is 2. The van der Waals surface area contributed by atoms with E-state index in [9.17, 15) is 9.59 Å². The van der Waals surface area contributed by atoms with Crippen LogP contribution in [0.15, 0.2) is 67.3 Å². The number of rotatable bonds is 8. The SMILES string of the molecule is COc1ccc(NC(=O)N2CCN(c3cc(C)nc(-n4ccnc4)n3)C(CC(=O)NC(C)c3ccc4c(c3)OCO4)C2)cc1. The molecule has 4 heterocycles. The van der Waals surface area contributed by atoms with Crippen molar-refractivity contribution < 1.29 is 23.8 Å². The first-order valence-corrected chi connectivity index (χ1v) is 14.4. The Balaban J connectivity index is 1.20. The summed E-state index contributed by atoms with van der Waals surface area (Å²) in [5.74, 6) is 3.06. The largest absolute Gasteiger partial charge is 0.497 e. The van der Waals surface area contributed by atoms with Crippen LogP contribution in [-0.4, -0.2) is 75.9 Å². The molecule has 4 aromatic rings. The number of aryl methyl sites for hydroxylation is 1. The molecule has 2 atom stereocenters. The average Bonchev–Trinajstić information content (AvgIpc) is 3.73. The van der Waals surface area contributed by atoms with Crippen molar-refractivity contribution in [1.29, 1.82) is 0 Å². The fourth-order valence-electron chi connectivity index (χ4n) is 5.35. The summed E-state index contributed by atoms with van der Waals surface area (Å²) in [5, 5.41) is 6.07. The van der Waals surface area contributed by atoms with E-state index < -0.39 is 0 Å². The van der Waals surface area contributed by atoms with Crippen molar-refractivity contribution in [2.75, 3.05) is 43.8 Å². The zero-order valence-corrected chi connectivity index (χ0v) is 24.8. The third-order valence-corrected chi connectivity index (χ3v) is 7.66. The third kappa shape index (κ3) is 6.36. The number of carbonyl (C=O) groups excluding carboxylic acids is 2. The minimum atomic E-state index is -0.348. The first-order chi connectivity index (χ1) is 21.4. The molecule has 2 N–H and O–H groups in total. The summed E-state index contributed by atoms with van der Waals surface area (Å²) in [4.78, 5) is 44.1. The number of methoxy groups -OCH3 is 1. The number of benzene rings is 2. The predicted molar refractivity (Wildman–Crippen MR) is 162 cm³/mol. The summed E-state index contributed by atoms with van der Waals surface area (Å²) in [7, 11) is 1.59. The number of urea groups is 1. The van der Waals surface area contributed by atoms with E-state index in [1.165, 1.54) is 0 Å². The Morgan fingerprint density at radius 3 is 2.66 bits per heavy atom. The molecule has 44 heavy (non-hydrogen) atoms. The second-order valence-corrected chi connectivity index (χ2v) is 10.7. The fourth-order valence-corrected chi connectivity index (χ4v) is 5.35. The van der Waals surface area contributed by atoms with Gasteiger partial charge in [0.1, 0.15) is 17.9 Å². The zero-order chi connectivity index (χ0) is 30.6. The van der Waals surface area contributed by atoms with Crippen LogP contribution in [0, 0.1) is 6.92 Å². The number of aromatic nitrogens is 4. The third-order valence-electron chi connectivity index (χ3n) is 7.66. The molecule has 0 spiro atoms. The van der Waals surface area contributed by atoms with Crippen molar-refractivity contribution >= 4 is 23.4 Å². The second-order valence-electron chi connectivity index (χ2n) is 10.7. The number of fused-ring (bicyclic) bond motifs is 1. The van der Waals surface area contributed by atoms with Crippen LogP contribution in [-0.2, 0) is 4.79 Å².